The molecule has 0 saturated heterocycles. The monoisotopic (exact) mass is 172 g/mol. The Morgan fingerprint density at radius 3 is 2.17 bits per heavy atom. The average Bonchev–Trinajstić information content (AvgIpc) is 2.12. The number of methoxy groups -OCH3 is 2. The van der Waals surface area contributed by atoms with Crippen LogP contribution in [0.4, 0.5) is 0 Å². The lowest BCUT2D eigenvalue weighted by Crippen LogP contribution is -2.07. The van der Waals surface area contributed by atoms with E-state index in [0.29, 0.717) is 12.0 Å². The van der Waals surface area contributed by atoms with Gasteiger partial charge in [-0.3, -0.25) is 0 Å². The van der Waals surface area contributed by atoms with E-state index in [-0.39, 0.29) is 0 Å². The Morgan fingerprint density at radius 2 is 1.83 bits per heavy atom. The number of esters is 2. The zero-order valence-electron chi connectivity index (χ0n) is 7.42. The van der Waals surface area contributed by atoms with Crippen molar-refractivity contribution in [2.45, 2.75) is 13.3 Å². The molecule has 0 bridgehead atoms. The van der Waals surface area contributed by atoms with E-state index >= 15 is 0 Å². The van der Waals surface area contributed by atoms with Gasteiger partial charge in [-0.15, -0.1) is 0 Å². The standard InChI is InChI=1S/C8H12O4/c1-4-6(8(10)12-3)5-7(9)11-2/h5H,4H2,1-3H3. The van der Waals surface area contributed by atoms with E-state index in [0.717, 1.165) is 6.08 Å². The van der Waals surface area contributed by atoms with Crippen molar-refractivity contribution in [1.82, 2.24) is 0 Å². The van der Waals surface area contributed by atoms with Crippen LogP contribution in [0.2, 0.25) is 0 Å². The molecule has 0 N–H and O–H groups in total. The Kier molecular flexibility index (Phi) is 4.76. The predicted molar refractivity (Wildman–Crippen MR) is 42.4 cm³/mol. The topological polar surface area (TPSA) is 52.6 Å². The van der Waals surface area contributed by atoms with E-state index in [9.17, 15) is 9.59 Å². The van der Waals surface area contributed by atoms with Crippen LogP contribution >= 0.6 is 0 Å². The van der Waals surface area contributed by atoms with Gasteiger partial charge < -0.3 is 9.47 Å². The van der Waals surface area contributed by atoms with E-state index < -0.39 is 11.9 Å². The summed E-state index contributed by atoms with van der Waals surface area (Å²) in [6, 6.07) is 0. The summed E-state index contributed by atoms with van der Waals surface area (Å²) in [5.74, 6) is -1.04. The smallest absolute Gasteiger partial charge is 0.333 e. The largest absolute Gasteiger partial charge is 0.466 e. The first-order chi connectivity index (χ1) is 5.65. The normalized spacial score (nSPS) is 10.8. The third-order valence-corrected chi connectivity index (χ3v) is 1.32. The Morgan fingerprint density at radius 1 is 1.25 bits per heavy atom. The second-order valence-corrected chi connectivity index (χ2v) is 2.04. The molecule has 0 spiro atoms. The predicted octanol–water partition coefficient (Wildman–Crippen LogP) is 0.669. The summed E-state index contributed by atoms with van der Waals surface area (Å²) in [7, 11) is 2.52. The minimum atomic E-state index is -0.544. The number of carbonyl (C=O) groups excluding carboxylic acids is 2. The SMILES string of the molecule is CCC(=CC(=O)OC)C(=O)OC. The van der Waals surface area contributed by atoms with Crippen molar-refractivity contribution in [1.29, 1.82) is 0 Å². The molecule has 0 atom stereocenters. The molecule has 0 rings (SSSR count). The van der Waals surface area contributed by atoms with Gasteiger partial charge in [-0.1, -0.05) is 6.92 Å². The molecular weight excluding hydrogens is 160 g/mol. The van der Waals surface area contributed by atoms with Crippen molar-refractivity contribution in [3.8, 4) is 0 Å². The highest BCUT2D eigenvalue weighted by atomic mass is 16.5. The molecule has 0 aromatic carbocycles. The number of hydrogen-bond acceptors (Lipinski definition) is 4. The lowest BCUT2D eigenvalue weighted by Gasteiger charge is -2.00. The molecule has 0 aromatic rings. The van der Waals surface area contributed by atoms with Crippen LogP contribution in [0.3, 0.4) is 0 Å². The first-order valence-corrected chi connectivity index (χ1v) is 3.52. The number of hydrogen-bond donors (Lipinski definition) is 0. The van der Waals surface area contributed by atoms with Gasteiger partial charge in [0.15, 0.2) is 0 Å². The highest BCUT2D eigenvalue weighted by Crippen LogP contribution is 2.02. The van der Waals surface area contributed by atoms with Crippen molar-refractivity contribution >= 4 is 11.9 Å². The molecule has 0 heterocycles. The molecule has 0 amide bonds. The molecule has 12 heavy (non-hydrogen) atoms. The minimum Gasteiger partial charge on any atom is -0.466 e. The molecular formula is C8H12O4. The fourth-order valence-electron chi connectivity index (χ4n) is 0.638. The van der Waals surface area contributed by atoms with Crippen LogP contribution in [-0.2, 0) is 19.1 Å². The maximum atomic E-state index is 10.9. The third-order valence-electron chi connectivity index (χ3n) is 1.32. The summed E-state index contributed by atoms with van der Waals surface area (Å²) >= 11 is 0. The summed E-state index contributed by atoms with van der Waals surface area (Å²) in [4.78, 5) is 21.6. The highest BCUT2D eigenvalue weighted by Gasteiger charge is 2.08. The Bertz CT molecular complexity index is 205. The van der Waals surface area contributed by atoms with Crippen molar-refractivity contribution in [3.05, 3.63) is 11.6 Å². The molecule has 4 heteroatoms. The summed E-state index contributed by atoms with van der Waals surface area (Å²) < 4.78 is 8.79. The Labute approximate surface area is 71.2 Å². The third kappa shape index (κ3) is 3.18. The number of carbonyl (C=O) groups is 2. The van der Waals surface area contributed by atoms with Gasteiger partial charge in [0, 0.05) is 11.6 Å². The maximum Gasteiger partial charge on any atom is 0.333 e. The van der Waals surface area contributed by atoms with Crippen LogP contribution < -0.4 is 0 Å². The fourth-order valence-corrected chi connectivity index (χ4v) is 0.638. The highest BCUT2D eigenvalue weighted by molar-refractivity contribution is 5.96. The van der Waals surface area contributed by atoms with Gasteiger partial charge in [0.2, 0.25) is 0 Å². The van der Waals surface area contributed by atoms with Gasteiger partial charge in [-0.05, 0) is 6.42 Å². The van der Waals surface area contributed by atoms with Crippen molar-refractivity contribution in [3.63, 3.8) is 0 Å². The van der Waals surface area contributed by atoms with Gasteiger partial charge in [0.05, 0.1) is 14.2 Å². The molecule has 0 aromatic heterocycles. The summed E-state index contributed by atoms with van der Waals surface area (Å²) in [5, 5.41) is 0. The zero-order chi connectivity index (χ0) is 9.56. The minimum absolute atomic E-state index is 0.310. The van der Waals surface area contributed by atoms with E-state index in [1.807, 2.05) is 0 Å². The molecule has 0 aliphatic rings. The van der Waals surface area contributed by atoms with Crippen molar-refractivity contribution in [2.24, 2.45) is 0 Å². The summed E-state index contributed by atoms with van der Waals surface area (Å²) in [6.07, 6.45) is 1.58. The average molecular weight is 172 g/mol. The Balaban J connectivity index is 4.43. The molecule has 0 radical (unpaired) electrons. The first kappa shape index (κ1) is 10.7. The van der Waals surface area contributed by atoms with Crippen LogP contribution in [0.1, 0.15) is 13.3 Å². The first-order valence-electron chi connectivity index (χ1n) is 3.52. The molecule has 68 valence electrons. The van der Waals surface area contributed by atoms with Gasteiger partial charge in [-0.25, -0.2) is 9.59 Å². The summed E-state index contributed by atoms with van der Waals surface area (Å²) in [6.45, 7) is 1.76. The molecule has 0 aliphatic heterocycles. The van der Waals surface area contributed by atoms with E-state index in [1.54, 1.807) is 6.92 Å². The van der Waals surface area contributed by atoms with Crippen LogP contribution in [0.5, 0.6) is 0 Å². The number of ether oxygens (including phenoxy) is 2. The van der Waals surface area contributed by atoms with Crippen LogP contribution in [0.25, 0.3) is 0 Å². The van der Waals surface area contributed by atoms with E-state index in [1.165, 1.54) is 14.2 Å². The second kappa shape index (κ2) is 5.35. The lowest BCUT2D eigenvalue weighted by molar-refractivity contribution is -0.138. The van der Waals surface area contributed by atoms with Gasteiger partial charge >= 0.3 is 11.9 Å². The van der Waals surface area contributed by atoms with Gasteiger partial charge in [0.25, 0.3) is 0 Å². The van der Waals surface area contributed by atoms with Crippen LogP contribution in [-0.4, -0.2) is 26.2 Å². The molecule has 0 fully saturated rings. The molecule has 0 aliphatic carbocycles. The molecule has 0 unspecified atom stereocenters. The Hall–Kier alpha value is -1.32. The number of rotatable bonds is 3. The van der Waals surface area contributed by atoms with Gasteiger partial charge in [0.1, 0.15) is 0 Å². The maximum absolute atomic E-state index is 10.9. The van der Waals surface area contributed by atoms with Crippen molar-refractivity contribution in [2.75, 3.05) is 14.2 Å². The quantitative estimate of drug-likeness (QED) is 0.463. The van der Waals surface area contributed by atoms with Crippen LogP contribution in [0, 0.1) is 0 Å². The lowest BCUT2D eigenvalue weighted by atomic mass is 10.2. The van der Waals surface area contributed by atoms with E-state index in [2.05, 4.69) is 9.47 Å². The molecule has 4 nitrogen and oxygen atoms in total. The zero-order valence-corrected chi connectivity index (χ0v) is 7.42. The van der Waals surface area contributed by atoms with Gasteiger partial charge in [-0.2, -0.15) is 0 Å². The molecule has 0 saturated carbocycles. The summed E-state index contributed by atoms with van der Waals surface area (Å²) in [5.41, 5.74) is 0.310. The fraction of sp³-hybridized carbons (Fsp3) is 0.500. The second-order valence-electron chi connectivity index (χ2n) is 2.04. The van der Waals surface area contributed by atoms with E-state index in [4.69, 9.17) is 0 Å². The van der Waals surface area contributed by atoms with Crippen LogP contribution in [0.15, 0.2) is 11.6 Å². The van der Waals surface area contributed by atoms with Crippen molar-refractivity contribution < 1.29 is 19.1 Å².